The summed E-state index contributed by atoms with van der Waals surface area (Å²) in [5.74, 6) is -0.0639. The van der Waals surface area contributed by atoms with E-state index in [2.05, 4.69) is 15.6 Å². The third-order valence-corrected chi connectivity index (χ3v) is 5.73. The Bertz CT molecular complexity index is 946. The Hall–Kier alpha value is -2.38. The number of rotatable bonds is 4. The normalized spacial score (nSPS) is 14.2. The number of benzene rings is 1. The Kier molecular flexibility index (Phi) is 4.42. The summed E-state index contributed by atoms with van der Waals surface area (Å²) in [7, 11) is 0. The molecule has 3 heterocycles. The van der Waals surface area contributed by atoms with Crippen LogP contribution in [-0.2, 0) is 19.5 Å². The average Bonchev–Trinajstić information content (AvgIpc) is 3.08. The zero-order valence-corrected chi connectivity index (χ0v) is 14.6. The zero-order valence-electron chi connectivity index (χ0n) is 13.8. The van der Waals surface area contributed by atoms with Crippen molar-refractivity contribution in [2.75, 3.05) is 13.1 Å². The van der Waals surface area contributed by atoms with Crippen LogP contribution in [0.2, 0.25) is 0 Å². The summed E-state index contributed by atoms with van der Waals surface area (Å²) in [5.41, 5.74) is 2.76. The molecule has 0 aliphatic carbocycles. The number of aryl methyl sites for hydroxylation is 1. The summed E-state index contributed by atoms with van der Waals surface area (Å²) in [6.07, 6.45) is 2.14. The SMILES string of the molecule is O=C(NCCn1c(=O)[nH]c2ccccc21)c1cc2c(s1)CCCNC2. The van der Waals surface area contributed by atoms with Crippen LogP contribution in [0.5, 0.6) is 0 Å². The lowest BCUT2D eigenvalue weighted by atomic mass is 10.2. The molecule has 1 amide bonds. The number of carbonyl (C=O) groups excluding carboxylic acids is 1. The van der Waals surface area contributed by atoms with Gasteiger partial charge in [-0.2, -0.15) is 0 Å². The van der Waals surface area contributed by atoms with Gasteiger partial charge in [-0.05, 0) is 43.1 Å². The van der Waals surface area contributed by atoms with E-state index < -0.39 is 0 Å². The first-order chi connectivity index (χ1) is 12.2. The number of imidazole rings is 1. The molecule has 0 saturated heterocycles. The molecule has 2 aromatic heterocycles. The Morgan fingerprint density at radius 3 is 3.12 bits per heavy atom. The number of fused-ring (bicyclic) bond motifs is 2. The molecule has 1 aliphatic rings. The van der Waals surface area contributed by atoms with Crippen LogP contribution in [0.3, 0.4) is 0 Å². The number of aromatic nitrogens is 2. The van der Waals surface area contributed by atoms with Gasteiger partial charge >= 0.3 is 5.69 Å². The highest BCUT2D eigenvalue weighted by atomic mass is 32.1. The van der Waals surface area contributed by atoms with Crippen LogP contribution in [0, 0.1) is 0 Å². The largest absolute Gasteiger partial charge is 0.350 e. The van der Waals surface area contributed by atoms with Crippen LogP contribution in [0.25, 0.3) is 11.0 Å². The van der Waals surface area contributed by atoms with E-state index in [0.29, 0.717) is 13.1 Å². The summed E-state index contributed by atoms with van der Waals surface area (Å²) in [4.78, 5) is 29.3. The van der Waals surface area contributed by atoms with Gasteiger partial charge in [-0.15, -0.1) is 11.3 Å². The number of aromatic amines is 1. The van der Waals surface area contributed by atoms with Crippen molar-refractivity contribution in [1.29, 1.82) is 0 Å². The molecule has 25 heavy (non-hydrogen) atoms. The molecule has 0 saturated carbocycles. The van der Waals surface area contributed by atoms with Crippen LogP contribution < -0.4 is 16.3 Å². The van der Waals surface area contributed by atoms with E-state index in [0.717, 1.165) is 41.8 Å². The Labute approximate surface area is 148 Å². The highest BCUT2D eigenvalue weighted by molar-refractivity contribution is 7.14. The van der Waals surface area contributed by atoms with Crippen molar-refractivity contribution in [3.63, 3.8) is 0 Å². The molecule has 0 spiro atoms. The van der Waals surface area contributed by atoms with Crippen molar-refractivity contribution >= 4 is 28.3 Å². The van der Waals surface area contributed by atoms with Gasteiger partial charge in [0.05, 0.1) is 15.9 Å². The molecule has 130 valence electrons. The van der Waals surface area contributed by atoms with Gasteiger partial charge in [0.25, 0.3) is 5.91 Å². The number of amides is 1. The number of hydrogen-bond donors (Lipinski definition) is 3. The fourth-order valence-corrected chi connectivity index (χ4v) is 4.37. The summed E-state index contributed by atoms with van der Waals surface area (Å²) in [6.45, 7) is 2.73. The summed E-state index contributed by atoms with van der Waals surface area (Å²) >= 11 is 1.58. The molecule has 0 bridgehead atoms. The molecule has 1 aliphatic heterocycles. The maximum absolute atomic E-state index is 12.4. The first kappa shape index (κ1) is 16.1. The number of nitrogens with zero attached hydrogens (tertiary/aromatic N) is 1. The van der Waals surface area contributed by atoms with E-state index in [-0.39, 0.29) is 11.6 Å². The van der Waals surface area contributed by atoms with Crippen molar-refractivity contribution in [2.45, 2.75) is 25.9 Å². The van der Waals surface area contributed by atoms with E-state index in [4.69, 9.17) is 0 Å². The monoisotopic (exact) mass is 356 g/mol. The van der Waals surface area contributed by atoms with Gasteiger partial charge in [0.15, 0.2) is 0 Å². The van der Waals surface area contributed by atoms with Gasteiger partial charge in [0.1, 0.15) is 0 Å². The van der Waals surface area contributed by atoms with Gasteiger partial charge < -0.3 is 15.6 Å². The molecule has 6 nitrogen and oxygen atoms in total. The molecule has 0 unspecified atom stereocenters. The van der Waals surface area contributed by atoms with E-state index >= 15 is 0 Å². The molecular formula is C18H20N4O2S. The average molecular weight is 356 g/mol. The molecular weight excluding hydrogens is 336 g/mol. The molecule has 3 aromatic rings. The standard InChI is InChI=1S/C18H20N4O2S/c23-17(16-10-12-11-19-7-3-6-15(12)25-16)20-8-9-22-14-5-2-1-4-13(14)21-18(22)24/h1-2,4-5,10,19H,3,6-9,11H2,(H,20,23)(H,21,24). The van der Waals surface area contributed by atoms with E-state index in [1.54, 1.807) is 15.9 Å². The highest BCUT2D eigenvalue weighted by Crippen LogP contribution is 2.25. The van der Waals surface area contributed by atoms with Crippen molar-refractivity contribution in [3.05, 3.63) is 56.1 Å². The van der Waals surface area contributed by atoms with Crippen LogP contribution in [0.15, 0.2) is 35.1 Å². The predicted octanol–water partition coefficient (Wildman–Crippen LogP) is 1.86. The van der Waals surface area contributed by atoms with E-state index in [9.17, 15) is 9.59 Å². The first-order valence-corrected chi connectivity index (χ1v) is 9.32. The van der Waals surface area contributed by atoms with Crippen molar-refractivity contribution < 1.29 is 4.79 Å². The quantitative estimate of drug-likeness (QED) is 0.668. The molecule has 7 heteroatoms. The maximum atomic E-state index is 12.4. The Balaban J connectivity index is 1.42. The summed E-state index contributed by atoms with van der Waals surface area (Å²) in [6, 6.07) is 9.56. The lowest BCUT2D eigenvalue weighted by Gasteiger charge is -2.05. The van der Waals surface area contributed by atoms with Gasteiger partial charge in [0, 0.05) is 24.5 Å². The van der Waals surface area contributed by atoms with E-state index in [1.165, 1.54) is 10.4 Å². The smallest absolute Gasteiger partial charge is 0.326 e. The van der Waals surface area contributed by atoms with Crippen LogP contribution in [0.1, 0.15) is 26.5 Å². The van der Waals surface area contributed by atoms with E-state index in [1.807, 2.05) is 30.3 Å². The summed E-state index contributed by atoms with van der Waals surface area (Å²) < 4.78 is 1.66. The molecule has 0 fully saturated rings. The first-order valence-electron chi connectivity index (χ1n) is 8.50. The topological polar surface area (TPSA) is 78.9 Å². The molecule has 0 radical (unpaired) electrons. The number of para-hydroxylation sites is 2. The van der Waals surface area contributed by atoms with Gasteiger partial charge in [-0.25, -0.2) is 4.79 Å². The second-order valence-corrected chi connectivity index (χ2v) is 7.33. The van der Waals surface area contributed by atoms with Crippen molar-refractivity contribution in [3.8, 4) is 0 Å². The highest BCUT2D eigenvalue weighted by Gasteiger charge is 2.16. The molecule has 0 atom stereocenters. The van der Waals surface area contributed by atoms with Crippen molar-refractivity contribution in [1.82, 2.24) is 20.2 Å². The number of thiophene rings is 1. The minimum Gasteiger partial charge on any atom is -0.350 e. The molecule has 3 N–H and O–H groups in total. The van der Waals surface area contributed by atoms with Gasteiger partial charge in [-0.3, -0.25) is 9.36 Å². The van der Waals surface area contributed by atoms with Crippen LogP contribution in [0.4, 0.5) is 0 Å². The van der Waals surface area contributed by atoms with Crippen LogP contribution in [-0.4, -0.2) is 28.5 Å². The number of carbonyl (C=O) groups is 1. The Morgan fingerprint density at radius 1 is 1.32 bits per heavy atom. The predicted molar refractivity (Wildman–Crippen MR) is 99.2 cm³/mol. The third kappa shape index (κ3) is 3.25. The van der Waals surface area contributed by atoms with Gasteiger partial charge in [-0.1, -0.05) is 12.1 Å². The minimum absolute atomic E-state index is 0.0639. The fraction of sp³-hybridized carbons (Fsp3) is 0.333. The summed E-state index contributed by atoms with van der Waals surface area (Å²) in [5, 5.41) is 6.31. The second-order valence-electron chi connectivity index (χ2n) is 6.19. The van der Waals surface area contributed by atoms with Gasteiger partial charge in [0.2, 0.25) is 0 Å². The molecule has 1 aromatic carbocycles. The maximum Gasteiger partial charge on any atom is 0.326 e. The Morgan fingerprint density at radius 2 is 2.20 bits per heavy atom. The minimum atomic E-state index is -0.149. The number of nitrogens with one attached hydrogen (secondary N) is 3. The fourth-order valence-electron chi connectivity index (χ4n) is 3.23. The lowest BCUT2D eigenvalue weighted by Crippen LogP contribution is -2.29. The van der Waals surface area contributed by atoms with Crippen molar-refractivity contribution in [2.24, 2.45) is 0 Å². The second kappa shape index (κ2) is 6.85. The number of hydrogen-bond acceptors (Lipinski definition) is 4. The van der Waals surface area contributed by atoms with Crippen LogP contribution >= 0.6 is 11.3 Å². The lowest BCUT2D eigenvalue weighted by molar-refractivity contribution is 0.0956. The number of H-pyrrole nitrogens is 1. The third-order valence-electron chi connectivity index (χ3n) is 4.50. The molecule has 4 rings (SSSR count). The zero-order chi connectivity index (χ0) is 17.2.